The number of fused-ring (bicyclic) bond motifs is 4. The highest BCUT2D eigenvalue weighted by molar-refractivity contribution is 6.01. The van der Waals surface area contributed by atoms with Gasteiger partial charge >= 0.3 is 12.4 Å². The monoisotopic (exact) mass is 1620 g/mol. The van der Waals surface area contributed by atoms with E-state index in [9.17, 15) is 40.7 Å². The van der Waals surface area contributed by atoms with E-state index in [1.165, 1.54) is 52.1 Å². The number of ether oxygens (including phenoxy) is 2. The topological polar surface area (TPSA) is 289 Å². The minimum atomic E-state index is -5.26. The first-order valence-corrected chi connectivity index (χ1v) is 40.3. The molecule has 4 aliphatic heterocycles. The van der Waals surface area contributed by atoms with Gasteiger partial charge in [-0.3, -0.25) is 57.5 Å². The minimum Gasteiger partial charge on any atom is -0.378 e. The van der Waals surface area contributed by atoms with Gasteiger partial charge in [-0.15, -0.1) is 0 Å². The molecule has 0 aromatic rings. The van der Waals surface area contributed by atoms with Gasteiger partial charge in [-0.2, -0.15) is 26.3 Å². The lowest BCUT2D eigenvalue weighted by molar-refractivity contribution is -0.219. The molecule has 26 nitrogen and oxygen atoms in total. The number of alkyl halides is 10. The molecule has 2 unspecified atom stereocenters. The third-order valence-electron chi connectivity index (χ3n) is 25.7. The molecule has 1 spiro atoms. The van der Waals surface area contributed by atoms with E-state index in [1.54, 1.807) is 34.6 Å². The van der Waals surface area contributed by atoms with E-state index >= 15 is 60.7 Å². The summed E-state index contributed by atoms with van der Waals surface area (Å²) < 4.78 is 159. The maximum atomic E-state index is 15.9. The number of hydrogen-bond acceptors (Lipinski definition) is 14. The van der Waals surface area contributed by atoms with Gasteiger partial charge in [0.05, 0.1) is 44.7 Å². The molecule has 9 aliphatic rings. The zero-order chi connectivity index (χ0) is 83.4. The number of hydrogen-bond donors (Lipinski definition) is 3. The van der Waals surface area contributed by atoms with Crippen molar-refractivity contribution in [2.24, 2.45) is 53.3 Å². The van der Waals surface area contributed by atoms with Crippen molar-refractivity contribution in [2.75, 3.05) is 101 Å². The Kier molecular flexibility index (Phi) is 29.4. The molecule has 5 aliphatic carbocycles. The quantitative estimate of drug-likeness (QED) is 0.177. The Balaban J connectivity index is 1.12. The fourth-order valence-electron chi connectivity index (χ4n) is 18.7. The number of nitrogens with one attached hydrogen (secondary N) is 3. The van der Waals surface area contributed by atoms with Crippen LogP contribution in [0.25, 0.3) is 0 Å². The van der Waals surface area contributed by atoms with Gasteiger partial charge in [0, 0.05) is 94.3 Å². The smallest absolute Gasteiger partial charge is 0.378 e. The second kappa shape index (κ2) is 37.0. The number of amides is 12. The minimum absolute atomic E-state index is 0.000419. The number of nitrogens with zero attached hydrogens (tertiary/aromatic N) is 9. The lowest BCUT2D eigenvalue weighted by Gasteiger charge is -2.50. The van der Waals surface area contributed by atoms with E-state index < -0.39 is 262 Å². The van der Waals surface area contributed by atoms with Crippen molar-refractivity contribution in [3.05, 3.63) is 0 Å². The zero-order valence-corrected chi connectivity index (χ0v) is 66.8. The van der Waals surface area contributed by atoms with Crippen LogP contribution in [0.3, 0.4) is 0 Å². The molecule has 0 aromatic carbocycles. The summed E-state index contributed by atoms with van der Waals surface area (Å²) in [5, 5.41) is 7.93. The lowest BCUT2D eigenvalue weighted by atomic mass is 9.71. The van der Waals surface area contributed by atoms with E-state index in [2.05, 4.69) is 16.0 Å². The molecule has 0 aromatic heterocycles. The van der Waals surface area contributed by atoms with Crippen LogP contribution in [0, 0.1) is 53.3 Å². The van der Waals surface area contributed by atoms with Crippen LogP contribution in [-0.4, -0.2) is 307 Å². The first kappa shape index (κ1) is 89.8. The van der Waals surface area contributed by atoms with Crippen molar-refractivity contribution < 1.29 is 111 Å². The van der Waals surface area contributed by atoms with Gasteiger partial charge in [-0.05, 0) is 138 Å². The Bertz CT molecular complexity index is 3430. The summed E-state index contributed by atoms with van der Waals surface area (Å²) in [6, 6.07) is -12.2. The highest BCUT2D eigenvalue weighted by Gasteiger charge is 2.65. The molecule has 3 N–H and O–H groups in total. The number of carbonyl (C=O) groups is 12. The molecule has 14 atom stereocenters. The predicted octanol–water partition coefficient (Wildman–Crippen LogP) is 6.06. The van der Waals surface area contributed by atoms with Crippen molar-refractivity contribution in [1.82, 2.24) is 60.0 Å². The number of morpholine rings is 1. The predicted molar refractivity (Wildman–Crippen MR) is 388 cm³/mol. The molecule has 12 amide bonds. The molecule has 2 bridgehead atoms. The summed E-state index contributed by atoms with van der Waals surface area (Å²) in [5.74, 6) is -22.9. The van der Waals surface area contributed by atoms with Crippen molar-refractivity contribution in [3.63, 3.8) is 0 Å². The average molecular weight is 1620 g/mol. The molecule has 4 saturated heterocycles. The summed E-state index contributed by atoms with van der Waals surface area (Å²) in [6.07, 6.45) is -20.8. The molecule has 5 saturated carbocycles. The van der Waals surface area contributed by atoms with Crippen LogP contribution in [-0.2, 0) is 67.0 Å². The van der Waals surface area contributed by atoms with E-state index in [0.717, 1.165) is 34.3 Å². The Morgan fingerprint density at radius 2 is 1.22 bits per heavy atom. The average Bonchev–Trinajstić information content (AvgIpc) is 0.819. The van der Waals surface area contributed by atoms with Gasteiger partial charge in [0.15, 0.2) is 0 Å². The van der Waals surface area contributed by atoms with Gasteiger partial charge < -0.3 is 69.5 Å². The van der Waals surface area contributed by atoms with Gasteiger partial charge in [-0.1, -0.05) is 47.0 Å². The number of rotatable bonds is 13. The largest absolute Gasteiger partial charge is 0.397 e. The first-order chi connectivity index (χ1) is 52.9. The van der Waals surface area contributed by atoms with Crippen LogP contribution in [0.1, 0.15) is 169 Å². The van der Waals surface area contributed by atoms with Crippen LogP contribution >= 0.6 is 0 Å². The summed E-state index contributed by atoms with van der Waals surface area (Å²) in [7, 11) is 7.62. The molecule has 0 radical (unpaired) electrons. The third-order valence-corrected chi connectivity index (χ3v) is 25.7. The number of likely N-dealkylation sites (N-methyl/N-ethyl adjacent to an activating group) is 6. The fourth-order valence-corrected chi connectivity index (χ4v) is 18.7. The van der Waals surface area contributed by atoms with Crippen LogP contribution in [0.15, 0.2) is 0 Å². The van der Waals surface area contributed by atoms with Crippen molar-refractivity contribution >= 4 is 70.9 Å². The molecular weight excluding hydrogens is 1510 g/mol. The molecule has 9 rings (SSSR count). The highest BCUT2D eigenvalue weighted by Crippen LogP contribution is 2.50. The summed E-state index contributed by atoms with van der Waals surface area (Å²) in [4.78, 5) is 193. The van der Waals surface area contributed by atoms with E-state index in [-0.39, 0.29) is 109 Å². The standard InChI is InChI=1S/C77H116F10N12O14/c1-12-43(5)63-71(109)92(7)39-61(102)94(9)56-33-47-32-48(47)36-98(70(56)108)58(31-44-18-21-49(22-19-44)76(82,83)84)68(106)91(6)38-59(100)88-53(23-20-45-29-51(78)62(52(79)30-45)77(85,86)87)67(105)99-37-50(113-13-2)34-55(99)66(104)90-74(40-75(80,81)41-74)73(111)96(11)64(46-16-14-15-17-46)72(110)95(10)57(69(107)97-24-26-112-27-25-97)35-60(101)93(8)54(28-42(3)4)65(103)89-63/h42-58,62-64H,12-41H2,1-11H3,(H,88,100)(H,89,103)(H,90,104)/t43-,44?,45?,47+,48-,49?,50+,51?,52?,53-,54-,55-,56-,57-,58-,62?,63-,64-/m0/s1. The van der Waals surface area contributed by atoms with Gasteiger partial charge in [0.2, 0.25) is 70.9 Å². The van der Waals surface area contributed by atoms with Crippen molar-refractivity contribution in [1.29, 1.82) is 0 Å². The van der Waals surface area contributed by atoms with E-state index in [4.69, 9.17) is 9.47 Å². The maximum absolute atomic E-state index is 15.9. The highest BCUT2D eigenvalue weighted by atomic mass is 19.4. The lowest BCUT2D eigenvalue weighted by Crippen LogP contribution is -2.72. The Labute approximate surface area is 654 Å². The number of carbonyl (C=O) groups excluding carboxylic acids is 12. The molecule has 4 heterocycles. The zero-order valence-electron chi connectivity index (χ0n) is 66.8. The first-order valence-electron chi connectivity index (χ1n) is 40.3. The van der Waals surface area contributed by atoms with E-state index in [0.29, 0.717) is 38.5 Å². The maximum Gasteiger partial charge on any atom is 0.397 e. The van der Waals surface area contributed by atoms with Crippen LogP contribution in [0.5, 0.6) is 0 Å². The van der Waals surface area contributed by atoms with Gasteiger partial charge in [0.1, 0.15) is 72.1 Å². The summed E-state index contributed by atoms with van der Waals surface area (Å²) in [6.45, 7) is 6.72. The van der Waals surface area contributed by atoms with Gasteiger partial charge in [0.25, 0.3) is 5.92 Å². The second-order valence-corrected chi connectivity index (χ2v) is 34.2. The van der Waals surface area contributed by atoms with Crippen LogP contribution < -0.4 is 16.0 Å². The Morgan fingerprint density at radius 1 is 0.602 bits per heavy atom. The SMILES string of the molecule is CCO[C@@H]1C[C@H]2C(=O)NC3(CC(F)(F)C3)C(=O)N(C)[C@@H](C3CCCC3)C(=O)N(C)[C@H](C(=O)N3CCOCC3)CC(=O)N(C)[C@@H](CC(C)C)C(=O)N[C@@H]([C@@H](C)CC)C(=O)N(C)CC(=O)N(C)[C@H]3C[C@H]4C[C@H]4CN(C3=O)[C@@H](CC3CCC(C(F)(F)F)CC3)C(=O)N(C)CC(=O)N[C@@H](CCC3CC(F)C(C(F)(F)F)C(F)C3)C(=O)N2C1. The molecule has 113 heavy (non-hydrogen) atoms. The van der Waals surface area contributed by atoms with Crippen molar-refractivity contribution in [2.45, 2.75) is 260 Å². The molecule has 638 valence electrons. The fraction of sp³-hybridized carbons (Fsp3) is 0.844. The Morgan fingerprint density at radius 3 is 1.80 bits per heavy atom. The Hall–Kier alpha value is -7.14. The second-order valence-electron chi connectivity index (χ2n) is 34.2. The third kappa shape index (κ3) is 21.2. The van der Waals surface area contributed by atoms with E-state index in [1.807, 2.05) is 0 Å². The van der Waals surface area contributed by atoms with Crippen molar-refractivity contribution in [3.8, 4) is 0 Å². The summed E-state index contributed by atoms with van der Waals surface area (Å²) in [5.41, 5.74) is -2.51. The van der Waals surface area contributed by atoms with Crippen LogP contribution in [0.4, 0.5) is 43.9 Å². The molecule has 36 heteroatoms. The summed E-state index contributed by atoms with van der Waals surface area (Å²) >= 11 is 0. The molecule has 9 fully saturated rings. The van der Waals surface area contributed by atoms with Gasteiger partial charge in [-0.25, -0.2) is 17.6 Å². The normalized spacial score (nSPS) is 33.8. The number of halogens is 10. The van der Waals surface area contributed by atoms with Crippen LogP contribution in [0.2, 0.25) is 0 Å². The molecular formula is C77H116F10N12O14.